The van der Waals surface area contributed by atoms with Crippen LogP contribution in [0.2, 0.25) is 0 Å². The second kappa shape index (κ2) is 5.17. The van der Waals surface area contributed by atoms with Gasteiger partial charge in [-0.2, -0.15) is 5.10 Å². The van der Waals surface area contributed by atoms with Gasteiger partial charge in [0, 0.05) is 31.9 Å². The first-order valence-electron chi connectivity index (χ1n) is 6.85. The van der Waals surface area contributed by atoms with E-state index in [1.807, 2.05) is 37.6 Å². The van der Waals surface area contributed by atoms with Gasteiger partial charge in [0.25, 0.3) is 0 Å². The number of anilines is 1. The molecule has 1 aliphatic heterocycles. The van der Waals surface area contributed by atoms with Crippen molar-refractivity contribution < 1.29 is 4.74 Å². The summed E-state index contributed by atoms with van der Waals surface area (Å²) < 4.78 is 7.84. The Morgan fingerprint density at radius 3 is 2.80 bits per heavy atom. The lowest BCUT2D eigenvalue weighted by Crippen LogP contribution is -2.21. The van der Waals surface area contributed by atoms with Crippen LogP contribution in [0, 0.1) is 0 Å². The molecule has 1 saturated heterocycles. The van der Waals surface area contributed by atoms with E-state index in [0.29, 0.717) is 5.69 Å². The van der Waals surface area contributed by atoms with Crippen molar-refractivity contribution in [1.29, 1.82) is 0 Å². The third-order valence-electron chi connectivity index (χ3n) is 3.69. The Hall–Kier alpha value is -2.01. The summed E-state index contributed by atoms with van der Waals surface area (Å²) in [6.07, 6.45) is 5.11. The first-order valence-corrected chi connectivity index (χ1v) is 6.85. The zero-order chi connectivity index (χ0) is 14.1. The zero-order valence-electron chi connectivity index (χ0n) is 11.9. The standard InChI is InChI=1S/C15H20N4O/c1-18-6-5-13(10-18)20-15-7-11(3-4-14(15)16)12-8-17-19(2)9-12/h3-4,7-9,13H,5-6,10,16H2,1-2H3. The van der Waals surface area contributed by atoms with E-state index in [4.69, 9.17) is 10.5 Å². The van der Waals surface area contributed by atoms with Gasteiger partial charge in [-0.05, 0) is 31.2 Å². The highest BCUT2D eigenvalue weighted by Crippen LogP contribution is 2.30. The Kier molecular flexibility index (Phi) is 3.36. The second-order valence-electron chi connectivity index (χ2n) is 5.45. The molecule has 3 rings (SSSR count). The van der Waals surface area contributed by atoms with Crippen molar-refractivity contribution in [2.24, 2.45) is 7.05 Å². The maximum atomic E-state index is 6.05. The van der Waals surface area contributed by atoms with Gasteiger partial charge in [0.2, 0.25) is 0 Å². The summed E-state index contributed by atoms with van der Waals surface area (Å²) in [7, 11) is 4.02. The van der Waals surface area contributed by atoms with Crippen molar-refractivity contribution in [1.82, 2.24) is 14.7 Å². The average Bonchev–Trinajstić information content (AvgIpc) is 3.01. The number of aryl methyl sites for hydroxylation is 1. The molecule has 1 fully saturated rings. The van der Waals surface area contributed by atoms with Crippen molar-refractivity contribution in [3.63, 3.8) is 0 Å². The fourth-order valence-electron chi connectivity index (χ4n) is 2.56. The minimum atomic E-state index is 0.228. The molecule has 1 aliphatic rings. The first-order chi connectivity index (χ1) is 9.61. The second-order valence-corrected chi connectivity index (χ2v) is 5.45. The fraction of sp³-hybridized carbons (Fsp3) is 0.400. The van der Waals surface area contributed by atoms with Gasteiger partial charge < -0.3 is 15.4 Å². The molecular weight excluding hydrogens is 252 g/mol. The van der Waals surface area contributed by atoms with Gasteiger partial charge in [-0.15, -0.1) is 0 Å². The summed E-state index contributed by atoms with van der Waals surface area (Å²) in [6, 6.07) is 5.90. The number of hydrogen-bond donors (Lipinski definition) is 1. The number of rotatable bonds is 3. The summed E-state index contributed by atoms with van der Waals surface area (Å²) in [4.78, 5) is 2.27. The van der Waals surface area contributed by atoms with E-state index in [9.17, 15) is 0 Å². The molecule has 0 bridgehead atoms. The van der Waals surface area contributed by atoms with Crippen LogP contribution in [0.15, 0.2) is 30.6 Å². The van der Waals surface area contributed by atoms with E-state index in [0.717, 1.165) is 36.4 Å². The van der Waals surface area contributed by atoms with Crippen LogP contribution in [0.3, 0.4) is 0 Å². The number of ether oxygens (including phenoxy) is 1. The van der Waals surface area contributed by atoms with Gasteiger partial charge in [0.1, 0.15) is 11.9 Å². The summed E-state index contributed by atoms with van der Waals surface area (Å²) in [5, 5.41) is 4.20. The molecule has 2 heterocycles. The Morgan fingerprint density at radius 2 is 2.15 bits per heavy atom. The summed E-state index contributed by atoms with van der Waals surface area (Å²) >= 11 is 0. The average molecular weight is 272 g/mol. The van der Waals surface area contributed by atoms with Crippen LogP contribution in [0.5, 0.6) is 5.75 Å². The lowest BCUT2D eigenvalue weighted by Gasteiger charge is -2.16. The van der Waals surface area contributed by atoms with Gasteiger partial charge in [-0.25, -0.2) is 0 Å². The molecule has 2 aromatic rings. The van der Waals surface area contributed by atoms with Crippen LogP contribution < -0.4 is 10.5 Å². The van der Waals surface area contributed by atoms with Crippen LogP contribution >= 0.6 is 0 Å². The fourth-order valence-corrected chi connectivity index (χ4v) is 2.56. The largest absolute Gasteiger partial charge is 0.487 e. The topological polar surface area (TPSA) is 56.3 Å². The smallest absolute Gasteiger partial charge is 0.143 e. The predicted molar refractivity (Wildman–Crippen MR) is 79.6 cm³/mol. The number of benzene rings is 1. The lowest BCUT2D eigenvalue weighted by molar-refractivity contribution is 0.209. The molecule has 0 amide bonds. The maximum absolute atomic E-state index is 6.05. The molecule has 5 nitrogen and oxygen atoms in total. The Labute approximate surface area is 118 Å². The number of nitrogens with two attached hydrogens (primary N) is 1. The van der Waals surface area contributed by atoms with E-state index in [1.165, 1.54) is 0 Å². The molecule has 0 saturated carbocycles. The van der Waals surface area contributed by atoms with Crippen LogP contribution in [0.4, 0.5) is 5.69 Å². The van der Waals surface area contributed by atoms with Crippen LogP contribution in [-0.4, -0.2) is 40.9 Å². The maximum Gasteiger partial charge on any atom is 0.143 e. The lowest BCUT2D eigenvalue weighted by atomic mass is 10.1. The van der Waals surface area contributed by atoms with Gasteiger partial charge in [-0.3, -0.25) is 4.68 Å². The molecule has 1 aromatic carbocycles. The molecule has 2 N–H and O–H groups in total. The van der Waals surface area contributed by atoms with E-state index >= 15 is 0 Å². The molecule has 0 aliphatic carbocycles. The van der Waals surface area contributed by atoms with Crippen LogP contribution in [-0.2, 0) is 7.05 Å². The van der Waals surface area contributed by atoms with Crippen molar-refractivity contribution >= 4 is 5.69 Å². The summed E-state index contributed by atoms with van der Waals surface area (Å²) in [5.74, 6) is 0.770. The number of likely N-dealkylation sites (tertiary alicyclic amines) is 1. The van der Waals surface area contributed by atoms with Gasteiger partial charge in [0.15, 0.2) is 0 Å². The molecule has 106 valence electrons. The molecule has 1 atom stereocenters. The van der Waals surface area contributed by atoms with Crippen molar-refractivity contribution in [2.75, 3.05) is 25.9 Å². The summed E-state index contributed by atoms with van der Waals surface area (Å²) in [5.41, 5.74) is 8.86. The van der Waals surface area contributed by atoms with E-state index in [1.54, 1.807) is 4.68 Å². The highest BCUT2D eigenvalue weighted by molar-refractivity contribution is 5.68. The minimum absolute atomic E-state index is 0.228. The van der Waals surface area contributed by atoms with E-state index in [-0.39, 0.29) is 6.10 Å². The van der Waals surface area contributed by atoms with E-state index in [2.05, 4.69) is 17.0 Å². The SMILES string of the molecule is CN1CCC(Oc2cc(-c3cnn(C)c3)ccc2N)C1. The van der Waals surface area contributed by atoms with E-state index < -0.39 is 0 Å². The third-order valence-corrected chi connectivity index (χ3v) is 3.69. The van der Waals surface area contributed by atoms with Gasteiger partial charge in [-0.1, -0.05) is 6.07 Å². The monoisotopic (exact) mass is 272 g/mol. The van der Waals surface area contributed by atoms with Gasteiger partial charge in [0.05, 0.1) is 11.9 Å². The van der Waals surface area contributed by atoms with Crippen molar-refractivity contribution in [3.05, 3.63) is 30.6 Å². The molecular formula is C15H20N4O. The molecule has 20 heavy (non-hydrogen) atoms. The van der Waals surface area contributed by atoms with Crippen molar-refractivity contribution in [2.45, 2.75) is 12.5 Å². The Bertz CT molecular complexity index is 608. The first kappa shape index (κ1) is 13.0. The normalized spacial score (nSPS) is 19.4. The van der Waals surface area contributed by atoms with Crippen LogP contribution in [0.25, 0.3) is 11.1 Å². The molecule has 5 heteroatoms. The van der Waals surface area contributed by atoms with Crippen LogP contribution in [0.1, 0.15) is 6.42 Å². The molecule has 1 aromatic heterocycles. The number of likely N-dealkylation sites (N-methyl/N-ethyl adjacent to an activating group) is 1. The number of nitrogens with zero attached hydrogens (tertiary/aromatic N) is 3. The Morgan fingerprint density at radius 1 is 1.30 bits per heavy atom. The molecule has 0 radical (unpaired) electrons. The molecule has 1 unspecified atom stereocenters. The summed E-state index contributed by atoms with van der Waals surface area (Å²) in [6.45, 7) is 2.03. The number of aromatic nitrogens is 2. The van der Waals surface area contributed by atoms with Gasteiger partial charge >= 0.3 is 0 Å². The number of hydrogen-bond acceptors (Lipinski definition) is 4. The highest BCUT2D eigenvalue weighted by Gasteiger charge is 2.21. The number of nitrogen functional groups attached to an aromatic ring is 1. The molecule has 0 spiro atoms. The highest BCUT2D eigenvalue weighted by atomic mass is 16.5. The quantitative estimate of drug-likeness (QED) is 0.865. The van der Waals surface area contributed by atoms with Crippen molar-refractivity contribution in [3.8, 4) is 16.9 Å². The third kappa shape index (κ3) is 2.63. The minimum Gasteiger partial charge on any atom is -0.487 e. The predicted octanol–water partition coefficient (Wildman–Crippen LogP) is 1.75. The Balaban J connectivity index is 1.83. The zero-order valence-corrected chi connectivity index (χ0v) is 11.9.